The van der Waals surface area contributed by atoms with Crippen LogP contribution in [0.2, 0.25) is 0 Å². The van der Waals surface area contributed by atoms with Crippen molar-refractivity contribution in [2.45, 2.75) is 13.0 Å². The Bertz CT molecular complexity index is 654. The van der Waals surface area contributed by atoms with Gasteiger partial charge in [0.2, 0.25) is 0 Å². The van der Waals surface area contributed by atoms with E-state index in [4.69, 9.17) is 4.74 Å². The maximum absolute atomic E-state index is 11.3. The predicted octanol–water partition coefficient (Wildman–Crippen LogP) is 3.63. The van der Waals surface area contributed by atoms with Gasteiger partial charge in [0.1, 0.15) is 11.9 Å². The molecule has 2 rings (SSSR count). The molecule has 0 aliphatic heterocycles. The smallest absolute Gasteiger partial charge is 0.336 e. The number of hydrogen-bond donors (Lipinski definition) is 2. The molecule has 2 aromatic carbocycles. The molecule has 21 heavy (non-hydrogen) atoms. The van der Waals surface area contributed by atoms with Crippen molar-refractivity contribution in [3.63, 3.8) is 0 Å². The van der Waals surface area contributed by atoms with E-state index in [1.54, 1.807) is 30.3 Å². The SMILES string of the molecule is CCOc1ccc(Br)cc1C(O)c1ccccc1C(=O)O. The maximum Gasteiger partial charge on any atom is 0.336 e. The lowest BCUT2D eigenvalue weighted by molar-refractivity contribution is 0.0691. The Morgan fingerprint density at radius 3 is 2.62 bits per heavy atom. The number of aromatic carboxylic acids is 1. The van der Waals surface area contributed by atoms with Crippen LogP contribution in [0, 0.1) is 0 Å². The first-order valence-electron chi connectivity index (χ1n) is 6.47. The van der Waals surface area contributed by atoms with E-state index in [-0.39, 0.29) is 5.56 Å². The number of carboxylic acids is 1. The van der Waals surface area contributed by atoms with Gasteiger partial charge in [0.15, 0.2) is 0 Å². The quantitative estimate of drug-likeness (QED) is 0.863. The van der Waals surface area contributed by atoms with Crippen LogP contribution in [0.5, 0.6) is 5.75 Å². The summed E-state index contributed by atoms with van der Waals surface area (Å²) in [4.78, 5) is 11.3. The Hall–Kier alpha value is -1.85. The van der Waals surface area contributed by atoms with Gasteiger partial charge in [-0.25, -0.2) is 4.79 Å². The molecule has 1 unspecified atom stereocenters. The number of hydrogen-bond acceptors (Lipinski definition) is 3. The van der Waals surface area contributed by atoms with E-state index < -0.39 is 12.1 Å². The number of aliphatic hydroxyl groups excluding tert-OH is 1. The summed E-state index contributed by atoms with van der Waals surface area (Å²) in [6, 6.07) is 11.7. The zero-order chi connectivity index (χ0) is 15.4. The van der Waals surface area contributed by atoms with Crippen molar-refractivity contribution in [2.75, 3.05) is 6.61 Å². The molecule has 0 aromatic heterocycles. The Balaban J connectivity index is 2.52. The van der Waals surface area contributed by atoms with E-state index in [0.29, 0.717) is 23.5 Å². The Kier molecular flexibility index (Phi) is 4.98. The van der Waals surface area contributed by atoms with Gasteiger partial charge in [-0.1, -0.05) is 34.1 Å². The van der Waals surface area contributed by atoms with Crippen LogP contribution in [-0.2, 0) is 0 Å². The minimum Gasteiger partial charge on any atom is -0.493 e. The third kappa shape index (κ3) is 3.43. The maximum atomic E-state index is 11.3. The number of ether oxygens (including phenoxy) is 1. The van der Waals surface area contributed by atoms with Crippen molar-refractivity contribution in [3.05, 3.63) is 63.6 Å². The van der Waals surface area contributed by atoms with Crippen LogP contribution in [0.25, 0.3) is 0 Å². The van der Waals surface area contributed by atoms with Crippen molar-refractivity contribution in [1.29, 1.82) is 0 Å². The fourth-order valence-corrected chi connectivity index (χ4v) is 2.50. The summed E-state index contributed by atoms with van der Waals surface area (Å²) in [7, 11) is 0. The van der Waals surface area contributed by atoms with Crippen LogP contribution in [0.3, 0.4) is 0 Å². The number of aliphatic hydroxyl groups is 1. The first kappa shape index (κ1) is 15.5. The van der Waals surface area contributed by atoms with E-state index in [0.717, 1.165) is 4.47 Å². The predicted molar refractivity (Wildman–Crippen MR) is 82.8 cm³/mol. The fraction of sp³-hybridized carbons (Fsp3) is 0.188. The minimum absolute atomic E-state index is 0.0763. The summed E-state index contributed by atoms with van der Waals surface area (Å²) in [5, 5.41) is 19.8. The van der Waals surface area contributed by atoms with E-state index in [2.05, 4.69) is 15.9 Å². The van der Waals surface area contributed by atoms with Crippen molar-refractivity contribution in [2.24, 2.45) is 0 Å². The molecule has 0 amide bonds. The van der Waals surface area contributed by atoms with Gasteiger partial charge in [-0.2, -0.15) is 0 Å². The highest BCUT2D eigenvalue weighted by atomic mass is 79.9. The summed E-state index contributed by atoms with van der Waals surface area (Å²) in [6.07, 6.45) is -1.07. The molecule has 110 valence electrons. The van der Waals surface area contributed by atoms with Crippen molar-refractivity contribution >= 4 is 21.9 Å². The summed E-state index contributed by atoms with van der Waals surface area (Å²) < 4.78 is 6.29. The van der Waals surface area contributed by atoms with E-state index in [1.807, 2.05) is 13.0 Å². The van der Waals surface area contributed by atoms with Gasteiger partial charge in [-0.05, 0) is 36.8 Å². The second-order valence-electron chi connectivity index (χ2n) is 4.41. The van der Waals surface area contributed by atoms with Crippen LogP contribution in [0.1, 0.15) is 34.5 Å². The van der Waals surface area contributed by atoms with Gasteiger partial charge in [0.25, 0.3) is 0 Å². The Morgan fingerprint density at radius 1 is 1.24 bits per heavy atom. The second kappa shape index (κ2) is 6.74. The molecule has 0 aliphatic rings. The zero-order valence-corrected chi connectivity index (χ0v) is 13.0. The first-order chi connectivity index (χ1) is 10.0. The van der Waals surface area contributed by atoms with Gasteiger partial charge < -0.3 is 14.9 Å². The molecule has 0 saturated heterocycles. The second-order valence-corrected chi connectivity index (χ2v) is 5.33. The van der Waals surface area contributed by atoms with Gasteiger partial charge in [-0.15, -0.1) is 0 Å². The molecule has 0 bridgehead atoms. The number of benzene rings is 2. The van der Waals surface area contributed by atoms with Crippen LogP contribution in [0.15, 0.2) is 46.9 Å². The van der Waals surface area contributed by atoms with Gasteiger partial charge in [-0.3, -0.25) is 0 Å². The van der Waals surface area contributed by atoms with E-state index in [9.17, 15) is 15.0 Å². The standard InChI is InChI=1S/C16H15BrO4/c1-2-21-14-8-7-10(17)9-13(14)15(18)11-5-3-4-6-12(11)16(19)20/h3-9,15,18H,2H2,1H3,(H,19,20). The summed E-state index contributed by atoms with van der Waals surface area (Å²) in [6.45, 7) is 2.31. The Morgan fingerprint density at radius 2 is 1.95 bits per heavy atom. The fourth-order valence-electron chi connectivity index (χ4n) is 2.12. The molecule has 0 spiro atoms. The molecule has 2 aromatic rings. The number of rotatable bonds is 5. The average Bonchev–Trinajstić information content (AvgIpc) is 2.48. The number of carboxylic acid groups (broad SMARTS) is 1. The number of halogens is 1. The van der Waals surface area contributed by atoms with Crippen LogP contribution < -0.4 is 4.74 Å². The molecule has 1 atom stereocenters. The zero-order valence-electron chi connectivity index (χ0n) is 11.4. The van der Waals surface area contributed by atoms with E-state index >= 15 is 0 Å². The lowest BCUT2D eigenvalue weighted by Crippen LogP contribution is -2.09. The molecule has 0 saturated carbocycles. The van der Waals surface area contributed by atoms with Gasteiger partial charge >= 0.3 is 5.97 Å². The molecule has 2 N–H and O–H groups in total. The van der Waals surface area contributed by atoms with E-state index in [1.165, 1.54) is 6.07 Å². The largest absolute Gasteiger partial charge is 0.493 e. The number of carbonyl (C=O) groups is 1. The topological polar surface area (TPSA) is 66.8 Å². The molecule has 0 heterocycles. The summed E-state index contributed by atoms with van der Waals surface area (Å²) in [5.41, 5.74) is 0.941. The first-order valence-corrected chi connectivity index (χ1v) is 7.26. The molecule has 5 heteroatoms. The minimum atomic E-state index is -1.07. The highest BCUT2D eigenvalue weighted by Crippen LogP contribution is 2.33. The molecular weight excluding hydrogens is 336 g/mol. The third-order valence-electron chi connectivity index (χ3n) is 3.05. The van der Waals surface area contributed by atoms with Crippen LogP contribution >= 0.6 is 15.9 Å². The monoisotopic (exact) mass is 350 g/mol. The Labute approximate surface area is 131 Å². The lowest BCUT2D eigenvalue weighted by atomic mass is 9.96. The van der Waals surface area contributed by atoms with Gasteiger partial charge in [0, 0.05) is 10.0 Å². The molecule has 0 radical (unpaired) electrons. The molecule has 4 nitrogen and oxygen atoms in total. The van der Waals surface area contributed by atoms with Crippen molar-refractivity contribution in [1.82, 2.24) is 0 Å². The van der Waals surface area contributed by atoms with Crippen LogP contribution in [-0.4, -0.2) is 22.8 Å². The third-order valence-corrected chi connectivity index (χ3v) is 3.55. The summed E-state index contributed by atoms with van der Waals surface area (Å²) >= 11 is 3.35. The van der Waals surface area contributed by atoms with Crippen molar-refractivity contribution in [3.8, 4) is 5.75 Å². The van der Waals surface area contributed by atoms with Crippen LogP contribution in [0.4, 0.5) is 0 Å². The normalized spacial score (nSPS) is 12.0. The highest BCUT2D eigenvalue weighted by Gasteiger charge is 2.21. The lowest BCUT2D eigenvalue weighted by Gasteiger charge is -2.18. The average molecular weight is 351 g/mol. The summed E-state index contributed by atoms with van der Waals surface area (Å²) in [5.74, 6) is -0.536. The van der Waals surface area contributed by atoms with Gasteiger partial charge in [0.05, 0.1) is 12.2 Å². The molecule has 0 aliphatic carbocycles. The van der Waals surface area contributed by atoms with Crippen molar-refractivity contribution < 1.29 is 19.7 Å². The highest BCUT2D eigenvalue weighted by molar-refractivity contribution is 9.10. The molecule has 0 fully saturated rings. The molecular formula is C16H15BrO4.